The number of rotatable bonds is 6. The molecule has 1 N–H and O–H groups in total. The van der Waals surface area contributed by atoms with Crippen LogP contribution in [0.4, 0.5) is 0 Å². The van der Waals surface area contributed by atoms with Crippen molar-refractivity contribution in [3.8, 4) is 0 Å². The number of hydrogen-bond donors (Lipinski definition) is 1. The molecule has 1 aliphatic rings. The molecule has 0 aromatic carbocycles. The number of esters is 4. The van der Waals surface area contributed by atoms with Gasteiger partial charge in [0.15, 0.2) is 12.2 Å². The smallest absolute Gasteiger partial charge is 0.305 e. The predicted molar refractivity (Wildman–Crippen MR) is 85.8 cm³/mol. The monoisotopic (exact) mass is 389 g/mol. The highest BCUT2D eigenvalue weighted by Gasteiger charge is 2.53. The summed E-state index contributed by atoms with van der Waals surface area (Å²) in [6.45, 7) is 5.55. The highest BCUT2D eigenvalue weighted by atomic mass is 16.7. The van der Waals surface area contributed by atoms with Gasteiger partial charge in [-0.1, -0.05) is 0 Å². The number of ether oxygens (including phenoxy) is 5. The van der Waals surface area contributed by atoms with Gasteiger partial charge >= 0.3 is 23.9 Å². The summed E-state index contributed by atoms with van der Waals surface area (Å²) >= 11 is 0. The Morgan fingerprint density at radius 2 is 1.15 bits per heavy atom. The van der Waals surface area contributed by atoms with Crippen molar-refractivity contribution < 1.29 is 47.7 Å². The molecule has 1 saturated heterocycles. The molecule has 1 rings (SSSR count). The lowest BCUT2D eigenvalue weighted by molar-refractivity contribution is -0.294. The lowest BCUT2D eigenvalue weighted by Crippen LogP contribution is -2.64. The van der Waals surface area contributed by atoms with Crippen LogP contribution in [0.5, 0.6) is 0 Å². The molecule has 1 fully saturated rings. The SMILES string of the molecule is CC(=O)NC[C@H]1O[C@H](OC(C)=O)[C@H](OC(C)=O)[C@@H](OC(C)=O)[C@@H]1OC(C)=O. The van der Waals surface area contributed by atoms with Gasteiger partial charge in [0.1, 0.15) is 6.10 Å². The van der Waals surface area contributed by atoms with E-state index in [1.807, 2.05) is 0 Å². The van der Waals surface area contributed by atoms with E-state index in [4.69, 9.17) is 23.7 Å². The van der Waals surface area contributed by atoms with Gasteiger partial charge in [-0.2, -0.15) is 0 Å². The zero-order valence-electron chi connectivity index (χ0n) is 15.7. The van der Waals surface area contributed by atoms with Gasteiger partial charge in [-0.05, 0) is 0 Å². The van der Waals surface area contributed by atoms with Gasteiger partial charge in [-0.3, -0.25) is 24.0 Å². The van der Waals surface area contributed by atoms with Crippen LogP contribution in [0.1, 0.15) is 34.6 Å². The zero-order chi connectivity index (χ0) is 20.7. The second-order valence-corrected chi connectivity index (χ2v) is 5.81. The fraction of sp³-hybridized carbons (Fsp3) is 0.688. The Labute approximate surface area is 155 Å². The van der Waals surface area contributed by atoms with Crippen molar-refractivity contribution in [3.05, 3.63) is 0 Å². The first-order chi connectivity index (χ1) is 12.5. The molecule has 152 valence electrons. The van der Waals surface area contributed by atoms with Crippen LogP contribution in [-0.4, -0.2) is 67.0 Å². The molecular formula is C16H23NO10. The molecule has 1 heterocycles. The van der Waals surface area contributed by atoms with Crippen molar-refractivity contribution in [3.63, 3.8) is 0 Å². The first-order valence-corrected chi connectivity index (χ1v) is 8.10. The van der Waals surface area contributed by atoms with E-state index < -0.39 is 60.5 Å². The van der Waals surface area contributed by atoms with E-state index in [2.05, 4.69) is 5.32 Å². The van der Waals surface area contributed by atoms with Gasteiger partial charge in [0.2, 0.25) is 18.3 Å². The number of nitrogens with one attached hydrogen (secondary N) is 1. The maximum Gasteiger partial charge on any atom is 0.305 e. The fourth-order valence-corrected chi connectivity index (χ4v) is 2.52. The standard InChI is InChI=1S/C16H23NO10/c1-7(18)17-6-12-13(23-8(2)19)14(24-9(3)20)15(25-10(4)21)16(27-12)26-11(5)22/h12-16H,6H2,1-5H3,(H,17,18)/t12-,13-,14+,15-,16+/m1/s1. The van der Waals surface area contributed by atoms with Crippen LogP contribution in [-0.2, 0) is 47.7 Å². The maximum absolute atomic E-state index is 11.6. The van der Waals surface area contributed by atoms with Crippen LogP contribution in [0.25, 0.3) is 0 Å². The summed E-state index contributed by atoms with van der Waals surface area (Å²) in [5.41, 5.74) is 0. The molecule has 0 aliphatic carbocycles. The summed E-state index contributed by atoms with van der Waals surface area (Å²) in [4.78, 5) is 57.2. The van der Waals surface area contributed by atoms with E-state index in [0.717, 1.165) is 27.7 Å². The number of carbonyl (C=O) groups excluding carboxylic acids is 5. The minimum Gasteiger partial charge on any atom is -0.456 e. The lowest BCUT2D eigenvalue weighted by Gasteiger charge is -2.43. The second kappa shape index (κ2) is 9.86. The van der Waals surface area contributed by atoms with Crippen molar-refractivity contribution in [2.45, 2.75) is 65.3 Å². The Morgan fingerprint density at radius 3 is 1.59 bits per heavy atom. The van der Waals surface area contributed by atoms with Crippen molar-refractivity contribution in [1.82, 2.24) is 5.32 Å². The van der Waals surface area contributed by atoms with Crippen molar-refractivity contribution in [1.29, 1.82) is 0 Å². The summed E-state index contributed by atoms with van der Waals surface area (Å²) in [7, 11) is 0. The summed E-state index contributed by atoms with van der Waals surface area (Å²) in [5.74, 6) is -3.38. The average Bonchev–Trinajstić information content (AvgIpc) is 2.49. The second-order valence-electron chi connectivity index (χ2n) is 5.81. The average molecular weight is 389 g/mol. The van der Waals surface area contributed by atoms with Crippen LogP contribution in [0, 0.1) is 0 Å². The zero-order valence-corrected chi connectivity index (χ0v) is 15.7. The normalized spacial score (nSPS) is 27.1. The largest absolute Gasteiger partial charge is 0.456 e. The molecule has 27 heavy (non-hydrogen) atoms. The van der Waals surface area contributed by atoms with E-state index >= 15 is 0 Å². The van der Waals surface area contributed by atoms with Gasteiger partial charge in [0, 0.05) is 41.2 Å². The Balaban J connectivity index is 3.29. The topological polar surface area (TPSA) is 144 Å². The third-order valence-electron chi connectivity index (χ3n) is 3.33. The van der Waals surface area contributed by atoms with Gasteiger partial charge in [0.25, 0.3) is 0 Å². The number of carbonyl (C=O) groups is 5. The van der Waals surface area contributed by atoms with Gasteiger partial charge in [-0.15, -0.1) is 0 Å². The van der Waals surface area contributed by atoms with Crippen LogP contribution in [0.2, 0.25) is 0 Å². The molecule has 0 saturated carbocycles. The molecule has 11 nitrogen and oxygen atoms in total. The third kappa shape index (κ3) is 7.21. The summed E-state index contributed by atoms with van der Waals surface area (Å²) in [6.07, 6.45) is -6.42. The predicted octanol–water partition coefficient (Wildman–Crippen LogP) is -0.794. The highest BCUT2D eigenvalue weighted by Crippen LogP contribution is 2.29. The molecule has 1 amide bonds. The number of amides is 1. The molecule has 0 spiro atoms. The molecule has 0 radical (unpaired) electrons. The highest BCUT2D eigenvalue weighted by molar-refractivity contribution is 5.73. The van der Waals surface area contributed by atoms with E-state index in [1.165, 1.54) is 6.92 Å². The Bertz CT molecular complexity index is 604. The van der Waals surface area contributed by atoms with Gasteiger partial charge in [0.05, 0.1) is 0 Å². The first kappa shape index (κ1) is 22.4. The Morgan fingerprint density at radius 1 is 0.704 bits per heavy atom. The molecule has 0 bridgehead atoms. The Hall–Kier alpha value is -2.69. The fourth-order valence-electron chi connectivity index (χ4n) is 2.52. The van der Waals surface area contributed by atoms with Crippen LogP contribution in [0.15, 0.2) is 0 Å². The van der Waals surface area contributed by atoms with Crippen molar-refractivity contribution in [2.24, 2.45) is 0 Å². The van der Waals surface area contributed by atoms with E-state index in [-0.39, 0.29) is 6.54 Å². The first-order valence-electron chi connectivity index (χ1n) is 8.10. The van der Waals surface area contributed by atoms with Crippen molar-refractivity contribution >= 4 is 29.8 Å². The molecule has 1 aliphatic heterocycles. The minimum absolute atomic E-state index is 0.143. The maximum atomic E-state index is 11.6. The summed E-state index contributed by atoms with van der Waals surface area (Å²) in [6, 6.07) is 0. The molecule has 11 heteroatoms. The lowest BCUT2D eigenvalue weighted by atomic mass is 9.97. The molecule has 0 unspecified atom stereocenters. The Kier molecular flexibility index (Phi) is 8.16. The van der Waals surface area contributed by atoms with Crippen molar-refractivity contribution in [2.75, 3.05) is 6.54 Å². The molecule has 0 aromatic heterocycles. The molecule has 5 atom stereocenters. The quantitative estimate of drug-likeness (QED) is 0.453. The number of hydrogen-bond acceptors (Lipinski definition) is 10. The molecular weight excluding hydrogens is 366 g/mol. The van der Waals surface area contributed by atoms with Gasteiger partial charge in [-0.25, -0.2) is 0 Å². The van der Waals surface area contributed by atoms with Crippen LogP contribution >= 0.6 is 0 Å². The van der Waals surface area contributed by atoms with Crippen LogP contribution < -0.4 is 5.32 Å². The third-order valence-corrected chi connectivity index (χ3v) is 3.33. The van der Waals surface area contributed by atoms with E-state index in [9.17, 15) is 24.0 Å². The summed E-state index contributed by atoms with van der Waals surface area (Å²) in [5, 5.41) is 2.48. The van der Waals surface area contributed by atoms with E-state index in [1.54, 1.807) is 0 Å². The van der Waals surface area contributed by atoms with Gasteiger partial charge < -0.3 is 29.0 Å². The summed E-state index contributed by atoms with van der Waals surface area (Å²) < 4.78 is 26.1. The minimum atomic E-state index is -1.44. The molecule has 0 aromatic rings. The van der Waals surface area contributed by atoms with Crippen LogP contribution in [0.3, 0.4) is 0 Å². The van der Waals surface area contributed by atoms with E-state index in [0.29, 0.717) is 0 Å².